The third-order valence-electron chi connectivity index (χ3n) is 2.48. The maximum absolute atomic E-state index is 10.0. The average molecular weight is 210 g/mol. The molecule has 0 aromatic heterocycles. The van der Waals surface area contributed by atoms with Crippen molar-refractivity contribution in [3.63, 3.8) is 0 Å². The number of hydrogen-bond donors (Lipinski definition) is 1. The molecule has 0 amide bonds. The van der Waals surface area contributed by atoms with E-state index in [1.807, 2.05) is 37.7 Å². The number of rotatable bonds is 4. The number of benzene rings is 1. The first-order valence-electron chi connectivity index (χ1n) is 5.06. The summed E-state index contributed by atoms with van der Waals surface area (Å²) in [6.07, 6.45) is 0.743. The summed E-state index contributed by atoms with van der Waals surface area (Å²) in [5.74, 6) is 1.09. The van der Waals surface area contributed by atoms with Crippen LogP contribution in [0.5, 0.6) is 0 Å². The van der Waals surface area contributed by atoms with Crippen molar-refractivity contribution in [3.05, 3.63) is 29.8 Å². The normalized spacial score (nSPS) is 15.1. The van der Waals surface area contributed by atoms with Crippen LogP contribution in [0, 0.1) is 0 Å². The lowest BCUT2D eigenvalue weighted by atomic mass is 9.94. The van der Waals surface area contributed by atoms with Gasteiger partial charge in [0, 0.05) is 4.90 Å². The highest BCUT2D eigenvalue weighted by Gasteiger charge is 2.19. The molecule has 1 N–H and O–H groups in total. The van der Waals surface area contributed by atoms with Crippen LogP contribution >= 0.6 is 11.8 Å². The third kappa shape index (κ3) is 2.76. The number of aliphatic hydroxyl groups is 1. The summed E-state index contributed by atoms with van der Waals surface area (Å²) in [4.78, 5) is 1.27. The monoisotopic (exact) mass is 210 g/mol. The molecule has 0 heterocycles. The molecule has 0 radical (unpaired) electrons. The van der Waals surface area contributed by atoms with E-state index in [0.29, 0.717) is 0 Å². The lowest BCUT2D eigenvalue weighted by Crippen LogP contribution is -2.19. The maximum Gasteiger partial charge on any atom is 0.0865 e. The highest BCUT2D eigenvalue weighted by Crippen LogP contribution is 2.26. The van der Waals surface area contributed by atoms with Gasteiger partial charge >= 0.3 is 0 Å². The Bertz CT molecular complexity index is 277. The van der Waals surface area contributed by atoms with E-state index in [4.69, 9.17) is 0 Å². The Morgan fingerprint density at radius 2 is 1.79 bits per heavy atom. The van der Waals surface area contributed by atoms with Crippen molar-refractivity contribution < 1.29 is 5.11 Å². The molecule has 14 heavy (non-hydrogen) atoms. The van der Waals surface area contributed by atoms with Crippen molar-refractivity contribution in [2.75, 3.05) is 5.75 Å². The molecule has 1 aromatic rings. The fourth-order valence-corrected chi connectivity index (χ4v) is 1.94. The van der Waals surface area contributed by atoms with Crippen LogP contribution in [0.3, 0.4) is 0 Å². The minimum atomic E-state index is -0.685. The van der Waals surface area contributed by atoms with Crippen LogP contribution < -0.4 is 0 Å². The van der Waals surface area contributed by atoms with Gasteiger partial charge in [0.1, 0.15) is 0 Å². The van der Waals surface area contributed by atoms with Crippen LogP contribution in [0.4, 0.5) is 0 Å². The Labute approximate surface area is 90.5 Å². The summed E-state index contributed by atoms with van der Waals surface area (Å²) < 4.78 is 0. The highest BCUT2D eigenvalue weighted by molar-refractivity contribution is 7.99. The molecular formula is C12H18OS. The molecule has 0 bridgehead atoms. The van der Waals surface area contributed by atoms with E-state index in [1.54, 1.807) is 0 Å². The Kier molecular flexibility index (Phi) is 4.02. The van der Waals surface area contributed by atoms with Gasteiger partial charge in [-0.3, -0.25) is 0 Å². The second-order valence-electron chi connectivity index (χ2n) is 3.58. The third-order valence-corrected chi connectivity index (χ3v) is 3.37. The molecule has 0 aliphatic heterocycles. The number of thioether (sulfide) groups is 1. The van der Waals surface area contributed by atoms with E-state index in [-0.39, 0.29) is 0 Å². The van der Waals surface area contributed by atoms with Gasteiger partial charge in [-0.05, 0) is 36.8 Å². The van der Waals surface area contributed by atoms with Gasteiger partial charge in [-0.15, -0.1) is 11.8 Å². The van der Waals surface area contributed by atoms with Gasteiger partial charge in [0.2, 0.25) is 0 Å². The highest BCUT2D eigenvalue weighted by atomic mass is 32.2. The number of hydrogen-bond acceptors (Lipinski definition) is 2. The topological polar surface area (TPSA) is 20.2 Å². The van der Waals surface area contributed by atoms with Crippen molar-refractivity contribution in [1.29, 1.82) is 0 Å². The first kappa shape index (κ1) is 11.6. The van der Waals surface area contributed by atoms with Crippen LogP contribution in [-0.2, 0) is 5.60 Å². The fraction of sp³-hybridized carbons (Fsp3) is 0.500. The molecule has 0 fully saturated rings. The maximum atomic E-state index is 10.0. The van der Waals surface area contributed by atoms with E-state index < -0.39 is 5.60 Å². The summed E-state index contributed by atoms with van der Waals surface area (Å²) in [6.45, 7) is 5.99. The predicted octanol–water partition coefficient (Wildman–Crippen LogP) is 3.42. The van der Waals surface area contributed by atoms with Gasteiger partial charge < -0.3 is 5.11 Å². The van der Waals surface area contributed by atoms with E-state index >= 15 is 0 Å². The Morgan fingerprint density at radius 1 is 1.21 bits per heavy atom. The first-order valence-corrected chi connectivity index (χ1v) is 6.04. The summed E-state index contributed by atoms with van der Waals surface area (Å²) in [5, 5.41) is 10.0. The van der Waals surface area contributed by atoms with Crippen LogP contribution in [0.2, 0.25) is 0 Å². The van der Waals surface area contributed by atoms with Crippen molar-refractivity contribution >= 4 is 11.8 Å². The molecule has 1 aromatic carbocycles. The lowest BCUT2D eigenvalue weighted by molar-refractivity contribution is 0.0530. The molecular weight excluding hydrogens is 192 g/mol. The van der Waals surface area contributed by atoms with Gasteiger partial charge in [0.15, 0.2) is 0 Å². The Hall–Kier alpha value is -0.470. The van der Waals surface area contributed by atoms with E-state index in [9.17, 15) is 5.11 Å². The molecule has 1 atom stereocenters. The smallest absolute Gasteiger partial charge is 0.0865 e. The molecule has 78 valence electrons. The van der Waals surface area contributed by atoms with Crippen LogP contribution in [0.15, 0.2) is 29.2 Å². The lowest BCUT2D eigenvalue weighted by Gasteiger charge is -2.21. The van der Waals surface area contributed by atoms with Gasteiger partial charge in [0.25, 0.3) is 0 Å². The second-order valence-corrected chi connectivity index (χ2v) is 4.92. The van der Waals surface area contributed by atoms with Gasteiger partial charge in [-0.1, -0.05) is 26.0 Å². The molecule has 0 aliphatic carbocycles. The second kappa shape index (κ2) is 4.85. The molecule has 0 spiro atoms. The fourth-order valence-electron chi connectivity index (χ4n) is 1.28. The SMILES string of the molecule is CCSc1ccc([C@](C)(O)CC)cc1. The van der Waals surface area contributed by atoms with Crippen molar-refractivity contribution in [3.8, 4) is 0 Å². The van der Waals surface area contributed by atoms with Gasteiger partial charge in [0.05, 0.1) is 5.60 Å². The molecule has 0 saturated carbocycles. The van der Waals surface area contributed by atoms with Crippen LogP contribution in [-0.4, -0.2) is 10.9 Å². The molecule has 2 heteroatoms. The molecule has 0 unspecified atom stereocenters. The van der Waals surface area contributed by atoms with Crippen LogP contribution in [0.25, 0.3) is 0 Å². The summed E-state index contributed by atoms with van der Waals surface area (Å²) >= 11 is 1.82. The van der Waals surface area contributed by atoms with E-state index in [1.165, 1.54) is 4.90 Å². The van der Waals surface area contributed by atoms with E-state index in [2.05, 4.69) is 19.1 Å². The zero-order valence-corrected chi connectivity index (χ0v) is 9.90. The molecule has 1 rings (SSSR count). The molecule has 0 saturated heterocycles. The summed E-state index contributed by atoms with van der Waals surface area (Å²) in [6, 6.07) is 8.18. The largest absolute Gasteiger partial charge is 0.385 e. The standard InChI is InChI=1S/C12H18OS/c1-4-12(3,13)10-6-8-11(9-7-10)14-5-2/h6-9,13H,4-5H2,1-3H3/t12-/m1/s1. The zero-order chi connectivity index (χ0) is 10.6. The van der Waals surface area contributed by atoms with Gasteiger partial charge in [-0.25, -0.2) is 0 Å². The van der Waals surface area contributed by atoms with Crippen molar-refractivity contribution in [2.24, 2.45) is 0 Å². The minimum Gasteiger partial charge on any atom is -0.385 e. The average Bonchev–Trinajstić information content (AvgIpc) is 2.19. The summed E-state index contributed by atoms with van der Waals surface area (Å²) in [5.41, 5.74) is 0.315. The Balaban J connectivity index is 2.82. The van der Waals surface area contributed by atoms with Crippen molar-refractivity contribution in [1.82, 2.24) is 0 Å². The molecule has 0 aliphatic rings. The van der Waals surface area contributed by atoms with Gasteiger partial charge in [-0.2, -0.15) is 0 Å². The predicted molar refractivity (Wildman–Crippen MR) is 62.7 cm³/mol. The minimum absolute atomic E-state index is 0.685. The van der Waals surface area contributed by atoms with Crippen LogP contribution in [0.1, 0.15) is 32.8 Å². The Morgan fingerprint density at radius 3 is 2.21 bits per heavy atom. The summed E-state index contributed by atoms with van der Waals surface area (Å²) in [7, 11) is 0. The first-order chi connectivity index (χ1) is 6.60. The van der Waals surface area contributed by atoms with Crippen molar-refractivity contribution in [2.45, 2.75) is 37.7 Å². The zero-order valence-electron chi connectivity index (χ0n) is 9.08. The quantitative estimate of drug-likeness (QED) is 0.768. The van der Waals surface area contributed by atoms with E-state index in [0.717, 1.165) is 17.7 Å². The molecule has 1 nitrogen and oxygen atoms in total.